The third kappa shape index (κ3) is 6.57. The predicted octanol–water partition coefficient (Wildman–Crippen LogP) is 9.90. The Morgan fingerprint density at radius 1 is 0.432 bits per heavy atom. The van der Waals surface area contributed by atoms with E-state index in [1.807, 2.05) is 42.5 Å². The van der Waals surface area contributed by atoms with Gasteiger partial charge in [-0.15, -0.1) is 0 Å². The molecule has 44 heavy (non-hydrogen) atoms. The number of hydrogen-bond donors (Lipinski definition) is 0. The molecule has 218 valence electrons. The number of rotatable bonds is 7. The van der Waals surface area contributed by atoms with Crippen molar-refractivity contribution in [3.05, 3.63) is 133 Å². The molecular formula is C40H40N2Si2. The zero-order valence-electron chi connectivity index (χ0n) is 31.2. The van der Waals surface area contributed by atoms with Gasteiger partial charge in [-0.25, -0.2) is 9.97 Å². The minimum atomic E-state index is -1.46. The van der Waals surface area contributed by atoms with E-state index in [-0.39, 0.29) is 29.7 Å². The summed E-state index contributed by atoms with van der Waals surface area (Å²) in [6, 6.07) is 33.6. The first-order chi connectivity index (χ1) is 23.1. The molecule has 6 aromatic rings. The largest absolute Gasteiger partial charge is 0.228 e. The lowest BCUT2D eigenvalue weighted by atomic mass is 9.98. The second-order valence-corrected chi connectivity index (χ2v) is 23.4. The van der Waals surface area contributed by atoms with Crippen molar-refractivity contribution in [2.45, 2.75) is 39.3 Å². The van der Waals surface area contributed by atoms with Crippen molar-refractivity contribution in [1.29, 1.82) is 0 Å². The van der Waals surface area contributed by atoms with Crippen LogP contribution in [0.25, 0.3) is 56.2 Å². The molecule has 0 fully saturated rings. The van der Waals surface area contributed by atoms with Crippen molar-refractivity contribution in [1.82, 2.24) is 9.97 Å². The maximum Gasteiger partial charge on any atom is 0.160 e. The van der Waals surface area contributed by atoms with Crippen LogP contribution in [-0.2, 0) is 0 Å². The molecule has 0 spiro atoms. The van der Waals surface area contributed by atoms with Gasteiger partial charge in [0.2, 0.25) is 0 Å². The maximum absolute atomic E-state index is 8.48. The Labute approximate surface area is 271 Å². The van der Waals surface area contributed by atoms with Crippen LogP contribution in [0.3, 0.4) is 0 Å². The molecule has 0 N–H and O–H groups in total. The predicted molar refractivity (Wildman–Crippen MR) is 195 cm³/mol. The molecule has 0 radical (unpaired) electrons. The first-order valence-electron chi connectivity index (χ1n) is 17.5. The molecule has 5 aromatic carbocycles. The van der Waals surface area contributed by atoms with E-state index in [0.717, 1.165) is 39.2 Å². The minimum Gasteiger partial charge on any atom is -0.228 e. The van der Waals surface area contributed by atoms with E-state index < -0.39 is 22.2 Å². The first kappa shape index (κ1) is 24.0. The summed E-state index contributed by atoms with van der Waals surface area (Å²) in [5, 5.41) is 2.79. The van der Waals surface area contributed by atoms with E-state index >= 15 is 0 Å². The highest BCUT2D eigenvalue weighted by molar-refractivity contribution is 6.89. The van der Waals surface area contributed by atoms with Crippen molar-refractivity contribution < 1.29 is 6.85 Å². The molecule has 2 nitrogen and oxygen atoms in total. The fourth-order valence-corrected chi connectivity index (χ4v) is 7.57. The summed E-state index contributed by atoms with van der Waals surface area (Å²) < 4.78 is 41.2. The third-order valence-electron chi connectivity index (χ3n) is 7.92. The van der Waals surface area contributed by atoms with Gasteiger partial charge in [-0.3, -0.25) is 0 Å². The molecule has 0 saturated carbocycles. The lowest BCUT2D eigenvalue weighted by Crippen LogP contribution is -2.37. The van der Waals surface area contributed by atoms with E-state index in [2.05, 4.69) is 93.9 Å². The third-order valence-corrected chi connectivity index (χ3v) is 12.1. The van der Waals surface area contributed by atoms with Gasteiger partial charge in [0.05, 0.1) is 34.4 Å². The van der Waals surface area contributed by atoms with E-state index in [9.17, 15) is 0 Å². The first-order valence-corrected chi connectivity index (χ1v) is 22.0. The van der Waals surface area contributed by atoms with Crippen LogP contribution in [0.5, 0.6) is 0 Å². The Hall–Kier alpha value is -4.39. The molecule has 1 aromatic heterocycles. The number of benzene rings is 5. The fraction of sp³-hybridized carbons (Fsp3) is 0.150. The highest BCUT2D eigenvalue weighted by Gasteiger charge is 2.18. The topological polar surface area (TPSA) is 25.8 Å². The molecule has 0 atom stereocenters. The standard InChI is InChI=1S/C40H40N2Si2/c1-43(2,3)36-22-18-30(19-23-36)38-28-39(31-20-24-37(25-21-31)44(4,5)6)42-40(41-38)35-17-11-16-34(27-35)33-15-10-14-32(26-33)29-12-8-7-9-13-29/h7-28H,1-6H3/i7D,8D,9D,12D,13D. The minimum absolute atomic E-state index is 0.185. The summed E-state index contributed by atoms with van der Waals surface area (Å²) in [4.78, 5) is 10.2. The van der Waals surface area contributed by atoms with Crippen molar-refractivity contribution >= 4 is 26.5 Å². The van der Waals surface area contributed by atoms with Crippen molar-refractivity contribution in [3.8, 4) is 56.2 Å². The lowest BCUT2D eigenvalue weighted by Gasteiger charge is -2.17. The van der Waals surface area contributed by atoms with Crippen LogP contribution < -0.4 is 10.4 Å². The summed E-state index contributed by atoms with van der Waals surface area (Å²) in [5.74, 6) is 0.611. The summed E-state index contributed by atoms with van der Waals surface area (Å²) in [7, 11) is -2.92. The van der Waals surface area contributed by atoms with Crippen molar-refractivity contribution in [3.63, 3.8) is 0 Å². The quantitative estimate of drug-likeness (QED) is 0.168. The normalized spacial score (nSPS) is 13.5. The molecule has 0 amide bonds. The zero-order chi connectivity index (χ0) is 35.2. The van der Waals surface area contributed by atoms with Crippen LogP contribution in [-0.4, -0.2) is 26.1 Å². The number of hydrogen-bond acceptors (Lipinski definition) is 2. The molecular weight excluding hydrogens is 565 g/mol. The summed E-state index contributed by atoms with van der Waals surface area (Å²) in [6.07, 6.45) is 0. The van der Waals surface area contributed by atoms with E-state index in [4.69, 9.17) is 16.8 Å². The van der Waals surface area contributed by atoms with Crippen molar-refractivity contribution in [2.24, 2.45) is 0 Å². The van der Waals surface area contributed by atoms with Crippen LogP contribution in [0.4, 0.5) is 0 Å². The second-order valence-electron chi connectivity index (χ2n) is 13.3. The van der Waals surface area contributed by atoms with Crippen LogP contribution in [0.2, 0.25) is 39.3 Å². The smallest absolute Gasteiger partial charge is 0.160 e. The highest BCUT2D eigenvalue weighted by Crippen LogP contribution is 2.31. The summed E-state index contributed by atoms with van der Waals surface area (Å²) in [5.41, 5.74) is 7.13. The Kier molecular flexibility index (Phi) is 6.52. The lowest BCUT2D eigenvalue weighted by molar-refractivity contribution is 1.18. The highest BCUT2D eigenvalue weighted by atomic mass is 28.3. The van der Waals surface area contributed by atoms with Gasteiger partial charge in [0.1, 0.15) is 0 Å². The average Bonchev–Trinajstić information content (AvgIpc) is 3.09. The molecule has 0 unspecified atom stereocenters. The van der Waals surface area contributed by atoms with Gasteiger partial charge in [0.15, 0.2) is 5.82 Å². The van der Waals surface area contributed by atoms with Gasteiger partial charge in [-0.1, -0.05) is 165 Å². The molecule has 0 aliphatic heterocycles. The molecule has 4 heteroatoms. The zero-order valence-corrected chi connectivity index (χ0v) is 28.2. The van der Waals surface area contributed by atoms with Gasteiger partial charge >= 0.3 is 0 Å². The molecule has 0 saturated heterocycles. The molecule has 0 aliphatic carbocycles. The molecule has 6 rings (SSSR count). The average molecular weight is 610 g/mol. The summed E-state index contributed by atoms with van der Waals surface area (Å²) >= 11 is 0. The Bertz CT molecular complexity index is 2080. The molecule has 1 heterocycles. The van der Waals surface area contributed by atoms with Crippen molar-refractivity contribution in [2.75, 3.05) is 0 Å². The van der Waals surface area contributed by atoms with Gasteiger partial charge in [-0.2, -0.15) is 0 Å². The van der Waals surface area contributed by atoms with Gasteiger partial charge in [0.25, 0.3) is 0 Å². The monoisotopic (exact) mass is 609 g/mol. The van der Waals surface area contributed by atoms with Gasteiger partial charge in [0, 0.05) is 16.7 Å². The van der Waals surface area contributed by atoms with E-state index in [1.165, 1.54) is 10.4 Å². The van der Waals surface area contributed by atoms with Crippen LogP contribution >= 0.6 is 0 Å². The summed E-state index contributed by atoms with van der Waals surface area (Å²) in [6.45, 7) is 14.1. The second kappa shape index (κ2) is 11.9. The Balaban J connectivity index is 1.46. The van der Waals surface area contributed by atoms with E-state index in [1.54, 1.807) is 6.07 Å². The SMILES string of the molecule is [2H]c1c([2H])c([2H])c(-c2cccc(-c3cccc(-c4nc(-c5ccc([Si](C)(C)C)cc5)cc(-c5ccc([Si](C)(C)C)cc5)n4)c3)c2)c([2H])c1[2H]. The van der Waals surface area contributed by atoms with Gasteiger partial charge < -0.3 is 0 Å². The fourth-order valence-electron chi connectivity index (χ4n) is 5.24. The van der Waals surface area contributed by atoms with Gasteiger partial charge in [-0.05, 0) is 40.5 Å². The molecule has 0 aliphatic rings. The number of nitrogens with zero attached hydrogens (tertiary/aromatic N) is 2. The Morgan fingerprint density at radius 3 is 1.30 bits per heavy atom. The number of aromatic nitrogens is 2. The maximum atomic E-state index is 8.48. The van der Waals surface area contributed by atoms with Crippen LogP contribution in [0, 0.1) is 0 Å². The molecule has 0 bridgehead atoms. The van der Waals surface area contributed by atoms with E-state index in [0.29, 0.717) is 11.4 Å². The van der Waals surface area contributed by atoms with Crippen LogP contribution in [0.15, 0.2) is 133 Å². The van der Waals surface area contributed by atoms with Crippen LogP contribution in [0.1, 0.15) is 6.85 Å². The Morgan fingerprint density at radius 2 is 0.841 bits per heavy atom.